The van der Waals surface area contributed by atoms with Crippen LogP contribution < -0.4 is 14.2 Å². The molecular formula is C25H23F2N3O3. The molecule has 0 amide bonds. The Morgan fingerprint density at radius 2 is 1.88 bits per heavy atom. The second-order valence-electron chi connectivity index (χ2n) is 7.88. The zero-order valence-corrected chi connectivity index (χ0v) is 18.1. The van der Waals surface area contributed by atoms with Crippen molar-refractivity contribution < 1.29 is 23.0 Å². The molecule has 0 atom stereocenters. The van der Waals surface area contributed by atoms with Crippen molar-refractivity contribution in [2.24, 2.45) is 5.92 Å². The van der Waals surface area contributed by atoms with Gasteiger partial charge in [-0.1, -0.05) is 12.1 Å². The molecule has 1 aliphatic rings. The molecule has 170 valence electrons. The average molecular weight is 451 g/mol. The van der Waals surface area contributed by atoms with Crippen LogP contribution in [-0.2, 0) is 0 Å². The lowest BCUT2D eigenvalue weighted by Gasteiger charge is -2.14. The summed E-state index contributed by atoms with van der Waals surface area (Å²) >= 11 is 0. The van der Waals surface area contributed by atoms with Crippen LogP contribution in [0.1, 0.15) is 19.8 Å². The molecule has 1 aliphatic carbocycles. The molecule has 2 heterocycles. The first kappa shape index (κ1) is 21.2. The van der Waals surface area contributed by atoms with E-state index in [0.717, 1.165) is 41.1 Å². The maximum absolute atomic E-state index is 12.9. The number of hydrogen-bond acceptors (Lipinski definition) is 5. The number of nitrogens with zero attached hydrogens (tertiary/aromatic N) is 3. The van der Waals surface area contributed by atoms with E-state index in [1.807, 2.05) is 43.3 Å². The van der Waals surface area contributed by atoms with E-state index in [1.165, 1.54) is 6.07 Å². The summed E-state index contributed by atoms with van der Waals surface area (Å²) < 4.78 is 43.6. The molecular weight excluding hydrogens is 428 g/mol. The van der Waals surface area contributed by atoms with E-state index in [9.17, 15) is 8.78 Å². The van der Waals surface area contributed by atoms with Gasteiger partial charge in [-0.15, -0.1) is 0 Å². The van der Waals surface area contributed by atoms with E-state index < -0.39 is 6.61 Å². The van der Waals surface area contributed by atoms with Gasteiger partial charge in [0.15, 0.2) is 17.1 Å². The Labute approximate surface area is 189 Å². The van der Waals surface area contributed by atoms with Crippen molar-refractivity contribution in [1.82, 2.24) is 14.6 Å². The van der Waals surface area contributed by atoms with Crippen molar-refractivity contribution in [2.45, 2.75) is 26.4 Å². The number of fused-ring (bicyclic) bond motifs is 1. The molecule has 1 fully saturated rings. The van der Waals surface area contributed by atoms with E-state index in [0.29, 0.717) is 30.5 Å². The van der Waals surface area contributed by atoms with Gasteiger partial charge < -0.3 is 14.2 Å². The normalized spacial score (nSPS) is 13.5. The highest BCUT2D eigenvalue weighted by atomic mass is 19.3. The van der Waals surface area contributed by atoms with Crippen molar-refractivity contribution in [2.75, 3.05) is 13.2 Å². The van der Waals surface area contributed by atoms with Crippen LogP contribution in [0.5, 0.6) is 17.2 Å². The van der Waals surface area contributed by atoms with Gasteiger partial charge in [0.1, 0.15) is 5.75 Å². The second-order valence-corrected chi connectivity index (χ2v) is 7.88. The molecule has 33 heavy (non-hydrogen) atoms. The smallest absolute Gasteiger partial charge is 0.387 e. The maximum atomic E-state index is 12.9. The first-order valence-electron chi connectivity index (χ1n) is 10.9. The van der Waals surface area contributed by atoms with Crippen molar-refractivity contribution >= 4 is 5.65 Å². The van der Waals surface area contributed by atoms with Crippen LogP contribution in [0.4, 0.5) is 8.78 Å². The highest BCUT2D eigenvalue weighted by Crippen LogP contribution is 2.36. The van der Waals surface area contributed by atoms with Gasteiger partial charge in [-0.3, -0.25) is 0 Å². The van der Waals surface area contributed by atoms with Crippen LogP contribution in [0.15, 0.2) is 60.8 Å². The van der Waals surface area contributed by atoms with Crippen LogP contribution in [-0.4, -0.2) is 34.4 Å². The summed E-state index contributed by atoms with van der Waals surface area (Å²) in [5.41, 5.74) is 3.84. The molecule has 0 bridgehead atoms. The number of aromatic nitrogens is 3. The minimum Gasteiger partial charge on any atom is -0.494 e. The lowest BCUT2D eigenvalue weighted by atomic mass is 10.1. The van der Waals surface area contributed by atoms with Gasteiger partial charge in [-0.2, -0.15) is 13.9 Å². The Balaban J connectivity index is 1.52. The summed E-state index contributed by atoms with van der Waals surface area (Å²) in [6, 6.07) is 16.4. The minimum atomic E-state index is -2.92. The van der Waals surface area contributed by atoms with E-state index in [4.69, 9.17) is 14.6 Å². The van der Waals surface area contributed by atoms with Crippen molar-refractivity contribution in [3.63, 3.8) is 0 Å². The molecule has 6 nitrogen and oxygen atoms in total. The quantitative estimate of drug-likeness (QED) is 0.319. The molecule has 8 heteroatoms. The highest BCUT2D eigenvalue weighted by molar-refractivity contribution is 5.70. The summed E-state index contributed by atoms with van der Waals surface area (Å²) in [6.45, 7) is 0.0784. The van der Waals surface area contributed by atoms with E-state index in [2.05, 4.69) is 9.72 Å². The Hall–Kier alpha value is -3.68. The number of rotatable bonds is 9. The predicted octanol–water partition coefficient (Wildman–Crippen LogP) is 5.85. The van der Waals surface area contributed by atoms with Gasteiger partial charge in [-0.05, 0) is 62.1 Å². The summed E-state index contributed by atoms with van der Waals surface area (Å²) in [7, 11) is 0. The molecule has 0 N–H and O–H groups in total. The summed E-state index contributed by atoms with van der Waals surface area (Å²) in [5, 5.41) is 4.75. The Kier molecular flexibility index (Phi) is 5.81. The fraction of sp³-hybridized carbons (Fsp3) is 0.280. The maximum Gasteiger partial charge on any atom is 0.387 e. The molecule has 5 rings (SSSR count). The van der Waals surface area contributed by atoms with Crippen LogP contribution in [0.2, 0.25) is 0 Å². The lowest BCUT2D eigenvalue weighted by Crippen LogP contribution is -2.06. The van der Waals surface area contributed by atoms with Gasteiger partial charge in [0.05, 0.1) is 24.6 Å². The Morgan fingerprint density at radius 3 is 2.67 bits per heavy atom. The van der Waals surface area contributed by atoms with Crippen molar-refractivity contribution in [3.05, 3.63) is 60.8 Å². The van der Waals surface area contributed by atoms with Crippen LogP contribution in [0, 0.1) is 5.92 Å². The zero-order chi connectivity index (χ0) is 22.8. The standard InChI is InChI=1S/C25H23F2N3O3/c1-2-31-19-5-3-4-17(12-19)20-14-24-28-11-10-21(30(24)29-20)18-8-9-22(33-25(26)27)23(13-18)32-15-16-6-7-16/h3-5,8-14,16,25H,2,6-7,15H2,1H3. The molecule has 1 saturated carbocycles. The van der Waals surface area contributed by atoms with E-state index in [1.54, 1.807) is 22.8 Å². The average Bonchev–Trinajstić information content (AvgIpc) is 3.54. The third-order valence-electron chi connectivity index (χ3n) is 5.43. The van der Waals surface area contributed by atoms with Gasteiger partial charge in [0, 0.05) is 23.4 Å². The number of ether oxygens (including phenoxy) is 3. The second kappa shape index (κ2) is 9.05. The fourth-order valence-corrected chi connectivity index (χ4v) is 3.63. The van der Waals surface area contributed by atoms with Gasteiger partial charge in [0.25, 0.3) is 0 Å². The summed E-state index contributed by atoms with van der Waals surface area (Å²) in [5.74, 6) is 1.56. The third-order valence-corrected chi connectivity index (χ3v) is 5.43. The molecule has 2 aromatic carbocycles. The number of hydrogen-bond donors (Lipinski definition) is 0. The predicted molar refractivity (Wildman–Crippen MR) is 120 cm³/mol. The summed E-state index contributed by atoms with van der Waals surface area (Å²) in [6.07, 6.45) is 3.88. The first-order chi connectivity index (χ1) is 16.1. The van der Waals surface area contributed by atoms with Gasteiger partial charge in [-0.25, -0.2) is 9.50 Å². The van der Waals surface area contributed by atoms with E-state index in [-0.39, 0.29) is 5.75 Å². The SMILES string of the molecule is CCOc1cccc(-c2cc3nccc(-c4ccc(OC(F)F)c(OCC5CC5)c4)n3n2)c1. The van der Waals surface area contributed by atoms with E-state index >= 15 is 0 Å². The highest BCUT2D eigenvalue weighted by Gasteiger charge is 2.23. The molecule has 4 aromatic rings. The van der Waals surface area contributed by atoms with Crippen molar-refractivity contribution in [1.29, 1.82) is 0 Å². The molecule has 0 spiro atoms. The van der Waals surface area contributed by atoms with Gasteiger partial charge >= 0.3 is 6.61 Å². The van der Waals surface area contributed by atoms with Crippen molar-refractivity contribution in [3.8, 4) is 39.8 Å². The van der Waals surface area contributed by atoms with Crippen LogP contribution in [0.3, 0.4) is 0 Å². The number of benzene rings is 2. The Bertz CT molecular complexity index is 1270. The van der Waals surface area contributed by atoms with Gasteiger partial charge in [0.2, 0.25) is 0 Å². The monoisotopic (exact) mass is 451 g/mol. The third kappa shape index (κ3) is 4.74. The lowest BCUT2D eigenvalue weighted by molar-refractivity contribution is -0.0515. The minimum absolute atomic E-state index is 0.0218. The topological polar surface area (TPSA) is 57.9 Å². The molecule has 0 saturated heterocycles. The molecule has 0 radical (unpaired) electrons. The van der Waals surface area contributed by atoms with Crippen LogP contribution in [0.25, 0.3) is 28.2 Å². The summed E-state index contributed by atoms with van der Waals surface area (Å²) in [4.78, 5) is 4.43. The first-order valence-corrected chi connectivity index (χ1v) is 10.9. The largest absolute Gasteiger partial charge is 0.494 e. The molecule has 0 unspecified atom stereocenters. The fourth-order valence-electron chi connectivity index (χ4n) is 3.63. The number of alkyl halides is 2. The zero-order valence-electron chi connectivity index (χ0n) is 18.1. The molecule has 2 aromatic heterocycles. The molecule has 0 aliphatic heterocycles. The number of halogens is 2. The van der Waals surface area contributed by atoms with Crippen LogP contribution >= 0.6 is 0 Å². The Morgan fingerprint density at radius 1 is 1.00 bits per heavy atom.